The topological polar surface area (TPSA) is 98.9 Å². The van der Waals surface area contributed by atoms with Crippen molar-refractivity contribution in [3.05, 3.63) is 6.33 Å². The van der Waals surface area contributed by atoms with Crippen molar-refractivity contribution < 1.29 is 9.47 Å². The van der Waals surface area contributed by atoms with Crippen molar-refractivity contribution in [3.8, 4) is 5.88 Å². The van der Waals surface area contributed by atoms with Crippen LogP contribution in [-0.2, 0) is 4.74 Å². The van der Waals surface area contributed by atoms with Gasteiger partial charge in [0.2, 0.25) is 11.8 Å². The Morgan fingerprint density at radius 2 is 2.22 bits per heavy atom. The predicted molar refractivity (Wildman–Crippen MR) is 65.1 cm³/mol. The lowest BCUT2D eigenvalue weighted by Gasteiger charge is -2.21. The van der Waals surface area contributed by atoms with Crippen LogP contribution in [0.4, 0.5) is 5.95 Å². The maximum absolute atomic E-state index is 5.74. The Hall–Kier alpha value is -1.89. The molecule has 7 nitrogen and oxygen atoms in total. The second-order valence-electron chi connectivity index (χ2n) is 4.35. The van der Waals surface area contributed by atoms with Crippen LogP contribution in [0.25, 0.3) is 11.2 Å². The number of hydrogen-bond acceptors (Lipinski definition) is 6. The zero-order valence-electron chi connectivity index (χ0n) is 9.93. The number of imidazole rings is 1. The summed E-state index contributed by atoms with van der Waals surface area (Å²) in [6.45, 7) is 2.23. The molecule has 96 valence electrons. The summed E-state index contributed by atoms with van der Waals surface area (Å²) >= 11 is 0. The van der Waals surface area contributed by atoms with Crippen LogP contribution in [-0.4, -0.2) is 39.8 Å². The van der Waals surface area contributed by atoms with Crippen LogP contribution < -0.4 is 10.5 Å². The van der Waals surface area contributed by atoms with E-state index in [9.17, 15) is 0 Å². The highest BCUT2D eigenvalue weighted by molar-refractivity contribution is 5.76. The minimum atomic E-state index is 0.177. The number of aromatic amines is 1. The Bertz CT molecular complexity index is 535. The zero-order chi connectivity index (χ0) is 12.4. The summed E-state index contributed by atoms with van der Waals surface area (Å²) < 4.78 is 11.1. The van der Waals surface area contributed by atoms with E-state index in [1.165, 1.54) is 0 Å². The number of ether oxygens (including phenoxy) is 2. The molecule has 1 fully saturated rings. The van der Waals surface area contributed by atoms with Crippen molar-refractivity contribution in [2.24, 2.45) is 5.92 Å². The molecule has 0 saturated carbocycles. The second-order valence-corrected chi connectivity index (χ2v) is 4.35. The van der Waals surface area contributed by atoms with Crippen molar-refractivity contribution >= 4 is 17.1 Å². The highest BCUT2D eigenvalue weighted by Crippen LogP contribution is 2.22. The molecule has 2 aromatic rings. The number of anilines is 1. The van der Waals surface area contributed by atoms with Gasteiger partial charge in [0, 0.05) is 13.2 Å². The molecule has 7 heteroatoms. The molecule has 0 radical (unpaired) electrons. The number of H-pyrrole nitrogens is 1. The molecule has 0 atom stereocenters. The predicted octanol–water partition coefficient (Wildman–Crippen LogP) is 0.740. The number of rotatable bonds is 3. The molecule has 2 aromatic heterocycles. The standard InChI is InChI=1S/C11H15N5O2/c12-11-15-9-8(13-6-14-9)10(16-11)18-5-7-1-3-17-4-2-7/h6-7H,1-5H2,(H3,12,13,14,15,16). The number of fused-ring (bicyclic) bond motifs is 1. The van der Waals surface area contributed by atoms with Crippen LogP contribution in [0.1, 0.15) is 12.8 Å². The Morgan fingerprint density at radius 3 is 3.06 bits per heavy atom. The van der Waals surface area contributed by atoms with Crippen molar-refractivity contribution in [2.75, 3.05) is 25.6 Å². The summed E-state index contributed by atoms with van der Waals surface area (Å²) in [5.41, 5.74) is 6.84. The number of nitrogen functional groups attached to an aromatic ring is 1. The molecule has 0 aromatic carbocycles. The van der Waals surface area contributed by atoms with Gasteiger partial charge in [-0.25, -0.2) is 4.98 Å². The number of aromatic nitrogens is 4. The summed E-state index contributed by atoms with van der Waals surface area (Å²) in [7, 11) is 0. The van der Waals surface area contributed by atoms with Crippen LogP contribution in [0.15, 0.2) is 6.33 Å². The van der Waals surface area contributed by atoms with Gasteiger partial charge in [0.15, 0.2) is 5.65 Å². The van der Waals surface area contributed by atoms with E-state index in [2.05, 4.69) is 19.9 Å². The molecule has 1 saturated heterocycles. The average molecular weight is 249 g/mol. The van der Waals surface area contributed by atoms with E-state index in [4.69, 9.17) is 15.2 Å². The first-order chi connectivity index (χ1) is 8.83. The third kappa shape index (κ3) is 2.21. The molecule has 0 amide bonds. The lowest BCUT2D eigenvalue weighted by Crippen LogP contribution is -2.21. The molecule has 3 rings (SSSR count). The highest BCUT2D eigenvalue weighted by Gasteiger charge is 2.16. The summed E-state index contributed by atoms with van der Waals surface area (Å²) in [6.07, 6.45) is 3.60. The van der Waals surface area contributed by atoms with Crippen LogP contribution in [0.2, 0.25) is 0 Å². The fraction of sp³-hybridized carbons (Fsp3) is 0.545. The first-order valence-electron chi connectivity index (χ1n) is 6.00. The van der Waals surface area contributed by atoms with Crippen molar-refractivity contribution in [1.82, 2.24) is 19.9 Å². The Labute approximate surface area is 104 Å². The Kier molecular flexibility index (Phi) is 2.97. The van der Waals surface area contributed by atoms with E-state index in [1.807, 2.05) is 0 Å². The SMILES string of the molecule is Nc1nc(OCC2CCOCC2)c2[nH]cnc2n1. The maximum atomic E-state index is 5.74. The molecular weight excluding hydrogens is 234 g/mol. The van der Waals surface area contributed by atoms with Gasteiger partial charge >= 0.3 is 0 Å². The number of hydrogen-bond donors (Lipinski definition) is 2. The van der Waals surface area contributed by atoms with Crippen LogP contribution in [0.5, 0.6) is 5.88 Å². The third-order valence-corrected chi connectivity index (χ3v) is 3.07. The first kappa shape index (κ1) is 11.2. The molecule has 0 spiro atoms. The molecule has 1 aliphatic heterocycles. The summed E-state index contributed by atoms with van der Waals surface area (Å²) in [5.74, 6) is 1.16. The van der Waals surface area contributed by atoms with Crippen molar-refractivity contribution in [1.29, 1.82) is 0 Å². The molecule has 3 heterocycles. The second kappa shape index (κ2) is 4.77. The van der Waals surface area contributed by atoms with Crippen LogP contribution >= 0.6 is 0 Å². The zero-order valence-corrected chi connectivity index (χ0v) is 9.93. The van der Waals surface area contributed by atoms with E-state index in [1.54, 1.807) is 6.33 Å². The lowest BCUT2D eigenvalue weighted by molar-refractivity contribution is 0.0493. The average Bonchev–Trinajstić information content (AvgIpc) is 2.85. The molecule has 0 aliphatic carbocycles. The fourth-order valence-corrected chi connectivity index (χ4v) is 2.04. The minimum absolute atomic E-state index is 0.177. The molecule has 0 unspecified atom stereocenters. The van der Waals surface area contributed by atoms with Gasteiger partial charge in [-0.05, 0) is 18.8 Å². The van der Waals surface area contributed by atoms with Gasteiger partial charge in [-0.1, -0.05) is 0 Å². The van der Waals surface area contributed by atoms with Gasteiger partial charge in [0.25, 0.3) is 0 Å². The van der Waals surface area contributed by atoms with Gasteiger partial charge in [-0.3, -0.25) is 0 Å². The Balaban J connectivity index is 1.75. The summed E-state index contributed by atoms with van der Waals surface area (Å²) in [6, 6.07) is 0. The normalized spacial score (nSPS) is 17.1. The monoisotopic (exact) mass is 249 g/mol. The highest BCUT2D eigenvalue weighted by atomic mass is 16.5. The van der Waals surface area contributed by atoms with E-state index < -0.39 is 0 Å². The van der Waals surface area contributed by atoms with Crippen molar-refractivity contribution in [3.63, 3.8) is 0 Å². The van der Waals surface area contributed by atoms with E-state index >= 15 is 0 Å². The fourth-order valence-electron chi connectivity index (χ4n) is 2.04. The van der Waals surface area contributed by atoms with Gasteiger partial charge in [0.05, 0.1) is 12.9 Å². The molecule has 18 heavy (non-hydrogen) atoms. The van der Waals surface area contributed by atoms with Gasteiger partial charge in [-0.15, -0.1) is 0 Å². The maximum Gasteiger partial charge on any atom is 0.245 e. The smallest absolute Gasteiger partial charge is 0.245 e. The first-order valence-corrected chi connectivity index (χ1v) is 6.00. The van der Waals surface area contributed by atoms with E-state index in [-0.39, 0.29) is 5.95 Å². The largest absolute Gasteiger partial charge is 0.476 e. The molecule has 3 N–H and O–H groups in total. The number of nitrogens with two attached hydrogens (primary N) is 1. The van der Waals surface area contributed by atoms with Gasteiger partial charge in [0.1, 0.15) is 5.52 Å². The van der Waals surface area contributed by atoms with Crippen LogP contribution in [0.3, 0.4) is 0 Å². The number of nitrogens with zero attached hydrogens (tertiary/aromatic N) is 3. The van der Waals surface area contributed by atoms with Crippen molar-refractivity contribution in [2.45, 2.75) is 12.8 Å². The quantitative estimate of drug-likeness (QED) is 0.832. The summed E-state index contributed by atoms with van der Waals surface area (Å²) in [4.78, 5) is 15.1. The van der Waals surface area contributed by atoms with E-state index in [0.717, 1.165) is 26.1 Å². The van der Waals surface area contributed by atoms with E-state index in [0.29, 0.717) is 29.6 Å². The molecular formula is C11H15N5O2. The van der Waals surface area contributed by atoms with Gasteiger partial charge < -0.3 is 20.2 Å². The van der Waals surface area contributed by atoms with Crippen LogP contribution in [0, 0.1) is 5.92 Å². The third-order valence-electron chi connectivity index (χ3n) is 3.07. The molecule has 1 aliphatic rings. The lowest BCUT2D eigenvalue weighted by atomic mass is 10.0. The van der Waals surface area contributed by atoms with Gasteiger partial charge in [-0.2, -0.15) is 9.97 Å². The summed E-state index contributed by atoms with van der Waals surface area (Å²) in [5, 5.41) is 0. The number of nitrogens with one attached hydrogen (secondary N) is 1. The Morgan fingerprint density at radius 1 is 1.39 bits per heavy atom. The minimum Gasteiger partial charge on any atom is -0.476 e. The molecule has 0 bridgehead atoms.